The number of ether oxygens (including phenoxy) is 2. The smallest absolute Gasteiger partial charge is 0.227 e. The first-order valence-corrected chi connectivity index (χ1v) is 8.71. The van der Waals surface area contributed by atoms with Gasteiger partial charge in [-0.3, -0.25) is 4.79 Å². The topological polar surface area (TPSA) is 64.8 Å². The molecule has 5 nitrogen and oxygen atoms in total. The molecule has 0 unspecified atom stereocenters. The van der Waals surface area contributed by atoms with Gasteiger partial charge in [0.2, 0.25) is 5.91 Å². The van der Waals surface area contributed by atoms with Gasteiger partial charge in [-0.05, 0) is 32.6 Å². The van der Waals surface area contributed by atoms with E-state index in [1.807, 2.05) is 18.7 Å². The Balaban J connectivity index is 4.86. The molecular weight excluding hydrogens is 280 g/mol. The normalized spacial score (nSPS) is 12.9. The van der Waals surface area contributed by atoms with E-state index in [2.05, 4.69) is 20.8 Å². The first-order valence-electron chi connectivity index (χ1n) is 8.71. The molecule has 0 aliphatic heterocycles. The first kappa shape index (κ1) is 21.4. The minimum atomic E-state index is -0.353. The average molecular weight is 316 g/mol. The fourth-order valence-electron chi connectivity index (χ4n) is 2.47. The van der Waals surface area contributed by atoms with Crippen LogP contribution in [-0.4, -0.2) is 49.9 Å². The molecule has 1 atom stereocenters. The van der Waals surface area contributed by atoms with Crippen molar-refractivity contribution in [1.82, 2.24) is 4.90 Å². The number of carbonyl (C=O) groups is 1. The second-order valence-corrected chi connectivity index (χ2v) is 6.04. The highest BCUT2D eigenvalue weighted by Gasteiger charge is 2.26. The van der Waals surface area contributed by atoms with Crippen molar-refractivity contribution in [3.63, 3.8) is 0 Å². The van der Waals surface area contributed by atoms with Gasteiger partial charge in [-0.15, -0.1) is 0 Å². The molecule has 0 bridgehead atoms. The maximum Gasteiger partial charge on any atom is 0.227 e. The number of carbonyl (C=O) groups excluding carboxylic acids is 1. The number of nitrogens with two attached hydrogens (primary N) is 1. The molecule has 0 rings (SSSR count). The zero-order chi connectivity index (χ0) is 17.0. The number of rotatable bonds is 13. The molecule has 1 amide bonds. The summed E-state index contributed by atoms with van der Waals surface area (Å²) in [5, 5.41) is 0. The summed E-state index contributed by atoms with van der Waals surface area (Å²) < 4.78 is 11.2. The Kier molecular flexibility index (Phi) is 12.5. The van der Waals surface area contributed by atoms with E-state index in [4.69, 9.17) is 15.2 Å². The summed E-state index contributed by atoms with van der Waals surface area (Å²) in [4.78, 5) is 14.7. The van der Waals surface area contributed by atoms with Crippen LogP contribution in [0.4, 0.5) is 0 Å². The summed E-state index contributed by atoms with van der Waals surface area (Å²) in [5.41, 5.74) is 5.83. The molecule has 22 heavy (non-hydrogen) atoms. The molecule has 0 aromatic rings. The largest absolute Gasteiger partial charge is 0.351 e. The Bertz CT molecular complexity index is 279. The molecule has 0 spiro atoms. The minimum Gasteiger partial charge on any atom is -0.351 e. The van der Waals surface area contributed by atoms with Crippen LogP contribution in [0.3, 0.4) is 0 Å². The molecule has 0 aromatic heterocycles. The SMILES string of the molecule is CCCCN(CC(OCC)OCC)C(=O)[C@@H](CN)CC(C)C. The molecule has 0 aliphatic rings. The van der Waals surface area contributed by atoms with Crippen molar-refractivity contribution >= 4 is 5.91 Å². The molecule has 0 fully saturated rings. The lowest BCUT2D eigenvalue weighted by atomic mass is 9.95. The molecule has 0 aromatic carbocycles. The Hall–Kier alpha value is -0.650. The standard InChI is InChI=1S/C17H36N2O3/c1-6-9-10-19(13-16(21-7-2)22-8-3)17(20)15(12-18)11-14(4)5/h14-16H,6-13,18H2,1-5H3/t15-/m1/s1. The Morgan fingerprint density at radius 1 is 1.14 bits per heavy atom. The van der Waals surface area contributed by atoms with Gasteiger partial charge in [-0.2, -0.15) is 0 Å². The van der Waals surface area contributed by atoms with Crippen molar-refractivity contribution in [1.29, 1.82) is 0 Å². The quantitative estimate of drug-likeness (QED) is 0.531. The predicted octanol–water partition coefficient (Wildman–Crippen LogP) is 2.64. The number of unbranched alkanes of at least 4 members (excludes halogenated alkanes) is 1. The Morgan fingerprint density at radius 2 is 1.73 bits per heavy atom. The van der Waals surface area contributed by atoms with Crippen molar-refractivity contribution in [3.05, 3.63) is 0 Å². The van der Waals surface area contributed by atoms with E-state index < -0.39 is 0 Å². The number of hydrogen-bond acceptors (Lipinski definition) is 4. The summed E-state index contributed by atoms with van der Waals surface area (Å²) >= 11 is 0. The van der Waals surface area contributed by atoms with Gasteiger partial charge in [-0.1, -0.05) is 27.2 Å². The van der Waals surface area contributed by atoms with Crippen molar-refractivity contribution in [2.24, 2.45) is 17.6 Å². The third-order valence-electron chi connectivity index (χ3n) is 3.56. The summed E-state index contributed by atoms with van der Waals surface area (Å²) in [7, 11) is 0. The maximum absolute atomic E-state index is 12.8. The van der Waals surface area contributed by atoms with Gasteiger partial charge >= 0.3 is 0 Å². The summed E-state index contributed by atoms with van der Waals surface area (Å²) in [5.74, 6) is 0.481. The number of amides is 1. The lowest BCUT2D eigenvalue weighted by Gasteiger charge is -2.30. The predicted molar refractivity (Wildman–Crippen MR) is 90.5 cm³/mol. The van der Waals surface area contributed by atoms with E-state index in [-0.39, 0.29) is 18.1 Å². The summed E-state index contributed by atoms with van der Waals surface area (Å²) in [6.07, 6.45) is 2.50. The van der Waals surface area contributed by atoms with Crippen LogP contribution in [-0.2, 0) is 14.3 Å². The van der Waals surface area contributed by atoms with Crippen LogP contribution >= 0.6 is 0 Å². The van der Waals surface area contributed by atoms with Crippen molar-refractivity contribution < 1.29 is 14.3 Å². The maximum atomic E-state index is 12.8. The van der Waals surface area contributed by atoms with Gasteiger partial charge in [0.05, 0.1) is 12.5 Å². The molecule has 2 N–H and O–H groups in total. The highest BCUT2D eigenvalue weighted by Crippen LogP contribution is 2.15. The first-order chi connectivity index (χ1) is 10.5. The highest BCUT2D eigenvalue weighted by molar-refractivity contribution is 5.79. The molecule has 0 radical (unpaired) electrons. The third kappa shape index (κ3) is 8.71. The van der Waals surface area contributed by atoms with Crippen LogP contribution in [0, 0.1) is 11.8 Å². The van der Waals surface area contributed by atoms with Gasteiger partial charge in [0.25, 0.3) is 0 Å². The molecule has 0 aliphatic carbocycles. The van der Waals surface area contributed by atoms with Crippen LogP contribution in [0.25, 0.3) is 0 Å². The van der Waals surface area contributed by atoms with E-state index >= 15 is 0 Å². The monoisotopic (exact) mass is 316 g/mol. The molecule has 132 valence electrons. The van der Waals surface area contributed by atoms with E-state index in [1.54, 1.807) is 0 Å². The summed E-state index contributed by atoms with van der Waals surface area (Å²) in [6.45, 7) is 13.0. The minimum absolute atomic E-state index is 0.110. The van der Waals surface area contributed by atoms with Crippen LogP contribution in [0.1, 0.15) is 53.9 Å². The van der Waals surface area contributed by atoms with E-state index in [0.717, 1.165) is 25.8 Å². The van der Waals surface area contributed by atoms with E-state index in [1.165, 1.54) is 0 Å². The van der Waals surface area contributed by atoms with Crippen LogP contribution < -0.4 is 5.73 Å². The van der Waals surface area contributed by atoms with Gasteiger partial charge < -0.3 is 20.1 Å². The average Bonchev–Trinajstić information content (AvgIpc) is 2.48. The second kappa shape index (κ2) is 12.9. The van der Waals surface area contributed by atoms with Gasteiger partial charge in [0.15, 0.2) is 6.29 Å². The van der Waals surface area contributed by atoms with Crippen LogP contribution in [0.15, 0.2) is 0 Å². The van der Waals surface area contributed by atoms with Crippen molar-refractivity contribution in [2.45, 2.75) is 60.2 Å². The molecular formula is C17H36N2O3. The molecule has 0 heterocycles. The highest BCUT2D eigenvalue weighted by atomic mass is 16.7. The summed E-state index contributed by atoms with van der Waals surface area (Å²) in [6, 6.07) is 0. The Labute approximate surface area is 136 Å². The molecule has 0 saturated carbocycles. The van der Waals surface area contributed by atoms with E-state index in [0.29, 0.717) is 32.2 Å². The lowest BCUT2D eigenvalue weighted by Crippen LogP contribution is -2.45. The fraction of sp³-hybridized carbons (Fsp3) is 0.941. The third-order valence-corrected chi connectivity index (χ3v) is 3.56. The zero-order valence-electron chi connectivity index (χ0n) is 15.1. The van der Waals surface area contributed by atoms with Crippen molar-refractivity contribution in [3.8, 4) is 0 Å². The Morgan fingerprint density at radius 3 is 2.14 bits per heavy atom. The molecule has 0 saturated heterocycles. The van der Waals surface area contributed by atoms with Gasteiger partial charge in [0, 0.05) is 26.3 Å². The van der Waals surface area contributed by atoms with Crippen molar-refractivity contribution in [2.75, 3.05) is 32.8 Å². The molecule has 5 heteroatoms. The van der Waals surface area contributed by atoms with Gasteiger partial charge in [0.1, 0.15) is 0 Å². The van der Waals surface area contributed by atoms with Crippen LogP contribution in [0.5, 0.6) is 0 Å². The van der Waals surface area contributed by atoms with Gasteiger partial charge in [-0.25, -0.2) is 0 Å². The lowest BCUT2D eigenvalue weighted by molar-refractivity contribution is -0.161. The second-order valence-electron chi connectivity index (χ2n) is 6.04. The number of nitrogens with zero attached hydrogens (tertiary/aromatic N) is 1. The fourth-order valence-corrected chi connectivity index (χ4v) is 2.47. The zero-order valence-corrected chi connectivity index (χ0v) is 15.1. The van der Waals surface area contributed by atoms with E-state index in [9.17, 15) is 4.79 Å². The van der Waals surface area contributed by atoms with Crippen LogP contribution in [0.2, 0.25) is 0 Å². The number of hydrogen-bond donors (Lipinski definition) is 1.